The molecule has 0 saturated heterocycles. The zero-order chi connectivity index (χ0) is 15.8. The summed E-state index contributed by atoms with van der Waals surface area (Å²) in [5.74, 6) is 0.460. The zero-order valence-corrected chi connectivity index (χ0v) is 13.8. The highest BCUT2D eigenvalue weighted by Gasteiger charge is 2.25. The van der Waals surface area contributed by atoms with Crippen LogP contribution < -0.4 is 5.32 Å². The summed E-state index contributed by atoms with van der Waals surface area (Å²) >= 11 is 7.86. The number of nitrogens with one attached hydrogen (secondary N) is 1. The molecule has 0 aliphatic carbocycles. The second-order valence-electron chi connectivity index (χ2n) is 5.54. The number of amides is 1. The van der Waals surface area contributed by atoms with Crippen LogP contribution in [0.2, 0.25) is 5.02 Å². The quantitative estimate of drug-likeness (QED) is 0.654. The minimum Gasteiger partial charge on any atom is -0.325 e. The van der Waals surface area contributed by atoms with Gasteiger partial charge in [0, 0.05) is 10.7 Å². The first-order valence-corrected chi connectivity index (χ1v) is 8.83. The molecule has 0 bridgehead atoms. The van der Waals surface area contributed by atoms with Crippen molar-refractivity contribution < 1.29 is 4.79 Å². The lowest BCUT2D eigenvalue weighted by Crippen LogP contribution is -2.12. The fraction of sp³-hybridized carbons (Fsp3) is 0.105. The van der Waals surface area contributed by atoms with Crippen molar-refractivity contribution in [1.82, 2.24) is 0 Å². The minimum absolute atomic E-state index is 0.0290. The van der Waals surface area contributed by atoms with E-state index in [4.69, 9.17) is 11.6 Å². The number of carbonyl (C=O) groups excluding carboxylic acids is 1. The molecule has 23 heavy (non-hydrogen) atoms. The molecular weight excluding hydrogens is 326 g/mol. The predicted molar refractivity (Wildman–Crippen MR) is 98.3 cm³/mol. The Morgan fingerprint density at radius 1 is 1.00 bits per heavy atom. The van der Waals surface area contributed by atoms with Gasteiger partial charge in [0.25, 0.3) is 0 Å². The fourth-order valence-corrected chi connectivity index (χ4v) is 4.37. The number of halogens is 1. The van der Waals surface area contributed by atoms with Crippen LogP contribution in [-0.2, 0) is 4.79 Å². The van der Waals surface area contributed by atoms with Crippen molar-refractivity contribution in [2.75, 3.05) is 11.1 Å². The summed E-state index contributed by atoms with van der Waals surface area (Å²) in [6, 6.07) is 20.3. The van der Waals surface area contributed by atoms with Gasteiger partial charge in [-0.05, 0) is 40.1 Å². The summed E-state index contributed by atoms with van der Waals surface area (Å²) < 4.78 is 0. The SMILES string of the molecule is O=C1CS[C@H](c2cccc3ccccc23)c2cc(Cl)ccc2N1. The van der Waals surface area contributed by atoms with Crippen LogP contribution in [0.15, 0.2) is 60.7 Å². The highest BCUT2D eigenvalue weighted by atomic mass is 35.5. The minimum atomic E-state index is 0.0290. The third kappa shape index (κ3) is 2.71. The molecule has 1 N–H and O–H groups in total. The van der Waals surface area contributed by atoms with Crippen LogP contribution in [0.25, 0.3) is 10.8 Å². The standard InChI is InChI=1S/C19H14ClNOS/c20-13-8-9-17-16(10-13)19(23-11-18(22)21-17)15-7-3-5-12-4-1-2-6-14(12)15/h1-10,19H,11H2,(H,21,22)/t19-/m1/s1. The molecule has 0 aromatic heterocycles. The van der Waals surface area contributed by atoms with E-state index in [1.165, 1.54) is 16.3 Å². The van der Waals surface area contributed by atoms with Crippen molar-refractivity contribution >= 4 is 45.7 Å². The summed E-state index contributed by atoms with van der Waals surface area (Å²) in [6.45, 7) is 0. The molecule has 1 amide bonds. The Morgan fingerprint density at radius 2 is 1.83 bits per heavy atom. The lowest BCUT2D eigenvalue weighted by molar-refractivity contribution is -0.113. The van der Waals surface area contributed by atoms with Gasteiger partial charge in [-0.25, -0.2) is 0 Å². The van der Waals surface area contributed by atoms with Crippen LogP contribution in [0.5, 0.6) is 0 Å². The van der Waals surface area contributed by atoms with E-state index in [9.17, 15) is 4.79 Å². The third-order valence-corrected chi connectivity index (χ3v) is 5.56. The second-order valence-corrected chi connectivity index (χ2v) is 7.07. The number of carbonyl (C=O) groups is 1. The van der Waals surface area contributed by atoms with Gasteiger partial charge in [-0.3, -0.25) is 4.79 Å². The zero-order valence-electron chi connectivity index (χ0n) is 12.3. The summed E-state index contributed by atoms with van der Waals surface area (Å²) in [6.07, 6.45) is 0. The number of hydrogen-bond acceptors (Lipinski definition) is 2. The normalized spacial score (nSPS) is 17.4. The van der Waals surface area contributed by atoms with Gasteiger partial charge >= 0.3 is 0 Å². The van der Waals surface area contributed by atoms with Crippen LogP contribution in [0, 0.1) is 0 Å². The van der Waals surface area contributed by atoms with Crippen LogP contribution in [0.1, 0.15) is 16.4 Å². The Hall–Kier alpha value is -1.97. The molecule has 114 valence electrons. The van der Waals surface area contributed by atoms with Gasteiger partial charge in [-0.15, -0.1) is 11.8 Å². The van der Waals surface area contributed by atoms with Crippen molar-refractivity contribution in [3.63, 3.8) is 0 Å². The predicted octanol–water partition coefficient (Wildman–Crippen LogP) is 5.27. The largest absolute Gasteiger partial charge is 0.325 e. The topological polar surface area (TPSA) is 29.1 Å². The first-order valence-electron chi connectivity index (χ1n) is 7.41. The number of rotatable bonds is 1. The lowest BCUT2D eigenvalue weighted by Gasteiger charge is -2.19. The Bertz CT molecular complexity index is 904. The summed E-state index contributed by atoms with van der Waals surface area (Å²) in [5.41, 5.74) is 3.13. The molecule has 0 fully saturated rings. The molecule has 1 atom stereocenters. The highest BCUT2D eigenvalue weighted by Crippen LogP contribution is 2.44. The molecule has 0 saturated carbocycles. The van der Waals surface area contributed by atoms with Crippen molar-refractivity contribution in [3.05, 3.63) is 76.8 Å². The van der Waals surface area contributed by atoms with E-state index >= 15 is 0 Å². The number of thioether (sulfide) groups is 1. The van der Waals surface area contributed by atoms with Gasteiger partial charge in [0.1, 0.15) is 0 Å². The first-order chi connectivity index (χ1) is 11.2. The van der Waals surface area contributed by atoms with E-state index in [1.807, 2.05) is 24.3 Å². The maximum atomic E-state index is 12.0. The monoisotopic (exact) mass is 339 g/mol. The van der Waals surface area contributed by atoms with E-state index in [0.29, 0.717) is 10.8 Å². The van der Waals surface area contributed by atoms with Crippen LogP contribution in [0.4, 0.5) is 5.69 Å². The maximum absolute atomic E-state index is 12.0. The molecule has 0 radical (unpaired) electrons. The van der Waals surface area contributed by atoms with E-state index < -0.39 is 0 Å². The Labute approximate surface area is 143 Å². The average molecular weight is 340 g/mol. The van der Waals surface area contributed by atoms with Gasteiger partial charge in [0.15, 0.2) is 0 Å². The third-order valence-electron chi connectivity index (χ3n) is 4.06. The number of fused-ring (bicyclic) bond motifs is 2. The Kier molecular flexibility index (Phi) is 3.76. The summed E-state index contributed by atoms with van der Waals surface area (Å²) in [4.78, 5) is 12.0. The van der Waals surface area contributed by atoms with Crippen LogP contribution in [-0.4, -0.2) is 11.7 Å². The number of benzene rings is 3. The van der Waals surface area contributed by atoms with Crippen molar-refractivity contribution in [3.8, 4) is 0 Å². The van der Waals surface area contributed by atoms with Crippen LogP contribution >= 0.6 is 23.4 Å². The van der Waals surface area contributed by atoms with Gasteiger partial charge in [-0.1, -0.05) is 54.1 Å². The van der Waals surface area contributed by atoms with E-state index in [-0.39, 0.29) is 11.2 Å². The fourth-order valence-electron chi connectivity index (χ4n) is 3.04. The van der Waals surface area contributed by atoms with E-state index in [2.05, 4.69) is 41.7 Å². The summed E-state index contributed by atoms with van der Waals surface area (Å²) in [7, 11) is 0. The Balaban J connectivity index is 1.94. The van der Waals surface area contributed by atoms with E-state index in [1.54, 1.807) is 11.8 Å². The first kappa shape index (κ1) is 14.6. The van der Waals surface area contributed by atoms with Gasteiger partial charge < -0.3 is 5.32 Å². The van der Waals surface area contributed by atoms with Gasteiger partial charge in [-0.2, -0.15) is 0 Å². The maximum Gasteiger partial charge on any atom is 0.234 e. The number of anilines is 1. The second kappa shape index (κ2) is 5.91. The molecule has 4 rings (SSSR count). The molecule has 0 spiro atoms. The van der Waals surface area contributed by atoms with E-state index in [0.717, 1.165) is 11.3 Å². The molecule has 3 aromatic carbocycles. The summed E-state index contributed by atoms with van der Waals surface area (Å²) in [5, 5.41) is 6.16. The van der Waals surface area contributed by atoms with Gasteiger partial charge in [0.2, 0.25) is 5.91 Å². The Morgan fingerprint density at radius 3 is 2.74 bits per heavy atom. The van der Waals surface area contributed by atoms with Crippen molar-refractivity contribution in [1.29, 1.82) is 0 Å². The average Bonchev–Trinajstić information content (AvgIpc) is 2.73. The molecule has 0 unspecified atom stereocenters. The highest BCUT2D eigenvalue weighted by molar-refractivity contribution is 8.00. The molecular formula is C19H14ClNOS. The van der Waals surface area contributed by atoms with Crippen molar-refractivity contribution in [2.24, 2.45) is 0 Å². The lowest BCUT2D eigenvalue weighted by atomic mass is 9.97. The molecule has 1 heterocycles. The smallest absolute Gasteiger partial charge is 0.234 e. The van der Waals surface area contributed by atoms with Gasteiger partial charge in [0.05, 0.1) is 11.0 Å². The van der Waals surface area contributed by atoms with Crippen molar-refractivity contribution in [2.45, 2.75) is 5.25 Å². The number of hydrogen-bond donors (Lipinski definition) is 1. The molecule has 4 heteroatoms. The molecule has 2 nitrogen and oxygen atoms in total. The van der Waals surface area contributed by atoms with Crippen LogP contribution in [0.3, 0.4) is 0 Å². The molecule has 3 aromatic rings. The molecule has 1 aliphatic heterocycles. The molecule has 1 aliphatic rings.